The molecule has 3 heterocycles. The van der Waals surface area contributed by atoms with Crippen LogP contribution in [0.2, 0.25) is 0 Å². The van der Waals surface area contributed by atoms with Crippen molar-refractivity contribution in [1.29, 1.82) is 0 Å². The van der Waals surface area contributed by atoms with E-state index < -0.39 is 6.04 Å². The van der Waals surface area contributed by atoms with Gasteiger partial charge in [-0.3, -0.25) is 0 Å². The van der Waals surface area contributed by atoms with Crippen LogP contribution in [0, 0.1) is 0 Å². The van der Waals surface area contributed by atoms with Crippen molar-refractivity contribution >= 4 is 53.3 Å². The second-order valence-corrected chi connectivity index (χ2v) is 13.1. The van der Waals surface area contributed by atoms with Crippen LogP contribution in [0.1, 0.15) is 6.85 Å². The van der Waals surface area contributed by atoms with E-state index in [0.29, 0.717) is 23.0 Å². The van der Waals surface area contributed by atoms with Crippen LogP contribution in [-0.4, -0.2) is 19.5 Å². The van der Waals surface area contributed by atoms with Crippen molar-refractivity contribution in [2.45, 2.75) is 0 Å². The second-order valence-electron chi connectivity index (χ2n) is 12.1. The third kappa shape index (κ3) is 4.71. The van der Waals surface area contributed by atoms with Gasteiger partial charge >= 0.3 is 0 Å². The molecule has 0 aliphatic carbocycles. The Hall–Kier alpha value is -6.43. The minimum Gasteiger partial charge on any atom is -0.308 e. The number of hydrogen-bond donors (Lipinski definition) is 0. The predicted octanol–water partition coefficient (Wildman–Crippen LogP) is 12.0. The van der Waals surface area contributed by atoms with Crippen LogP contribution < -0.4 is 0 Å². The number of para-hydroxylation sites is 1. The molecule has 0 aliphatic heterocycles. The van der Waals surface area contributed by atoms with Crippen molar-refractivity contribution < 1.29 is 6.85 Å². The SMILES string of the molecule is [2H]c1c([2H])c([2H])c(-c2ccc3c(c2)c2ccccc2n3-c2cccc3c2sc2cc(-c4nc(-c5ccccc5)nc(-c5ccccc5)n4)ccc23)c([2H])c1[2H]. The van der Waals surface area contributed by atoms with Gasteiger partial charge in [-0.05, 0) is 41.5 Å². The number of aromatic nitrogens is 4. The standard InChI is InChI=1S/C45H28N4S/c1-4-13-29(14-5-1)32-24-26-39-37(27-32)34-19-10-11-21-38(34)49(39)40-22-12-20-36-35-25-23-33(28-41(35)50-42(36)40)45-47-43(30-15-6-2-7-16-30)46-44(48-45)31-17-8-3-9-18-31/h1-28H/i1D,4D,5D,13D,14D. The minimum atomic E-state index is -0.401. The van der Waals surface area contributed by atoms with Crippen molar-refractivity contribution in [3.63, 3.8) is 0 Å². The summed E-state index contributed by atoms with van der Waals surface area (Å²) in [6.07, 6.45) is 0. The molecular weight excluding hydrogens is 629 g/mol. The van der Waals surface area contributed by atoms with Crippen LogP contribution in [0.5, 0.6) is 0 Å². The van der Waals surface area contributed by atoms with E-state index >= 15 is 0 Å². The maximum absolute atomic E-state index is 8.61. The zero-order chi connectivity index (χ0) is 37.4. The van der Waals surface area contributed by atoms with Gasteiger partial charge in [0, 0.05) is 42.9 Å². The van der Waals surface area contributed by atoms with Crippen molar-refractivity contribution in [2.75, 3.05) is 0 Å². The molecule has 0 amide bonds. The highest BCUT2D eigenvalue weighted by atomic mass is 32.1. The number of fused-ring (bicyclic) bond motifs is 6. The van der Waals surface area contributed by atoms with Gasteiger partial charge in [-0.2, -0.15) is 0 Å². The molecule has 7 aromatic carbocycles. The zero-order valence-electron chi connectivity index (χ0n) is 31.5. The number of nitrogens with zero attached hydrogens (tertiary/aromatic N) is 4. The van der Waals surface area contributed by atoms with E-state index in [1.807, 2.05) is 91.0 Å². The molecule has 0 atom stereocenters. The molecule has 5 heteroatoms. The first-order chi connectivity index (χ1) is 26.9. The lowest BCUT2D eigenvalue weighted by Crippen LogP contribution is -1.99. The predicted molar refractivity (Wildman–Crippen MR) is 209 cm³/mol. The molecule has 0 fully saturated rings. The zero-order valence-corrected chi connectivity index (χ0v) is 27.3. The van der Waals surface area contributed by atoms with E-state index in [0.717, 1.165) is 64.4 Å². The highest BCUT2D eigenvalue weighted by Crippen LogP contribution is 2.42. The monoisotopic (exact) mass is 661 g/mol. The number of benzene rings is 7. The van der Waals surface area contributed by atoms with E-state index in [2.05, 4.69) is 53.1 Å². The average molecular weight is 662 g/mol. The lowest BCUT2D eigenvalue weighted by molar-refractivity contribution is 1.07. The van der Waals surface area contributed by atoms with Crippen molar-refractivity contribution in [1.82, 2.24) is 19.5 Å². The van der Waals surface area contributed by atoms with Gasteiger partial charge in [0.2, 0.25) is 0 Å². The van der Waals surface area contributed by atoms with Crippen LogP contribution in [-0.2, 0) is 0 Å². The third-order valence-electron chi connectivity index (χ3n) is 9.14. The van der Waals surface area contributed by atoms with Gasteiger partial charge in [0.1, 0.15) is 0 Å². The third-order valence-corrected chi connectivity index (χ3v) is 10.3. The first-order valence-corrected chi connectivity index (χ1v) is 17.1. The molecule has 0 spiro atoms. The summed E-state index contributed by atoms with van der Waals surface area (Å²) in [5, 5.41) is 4.20. The molecule has 10 aromatic rings. The van der Waals surface area contributed by atoms with Crippen molar-refractivity contribution in [3.8, 4) is 51.0 Å². The lowest BCUT2D eigenvalue weighted by Gasteiger charge is -2.10. The van der Waals surface area contributed by atoms with E-state index in [4.69, 9.17) is 21.8 Å². The molecule has 0 unspecified atom stereocenters. The molecule has 10 rings (SSSR count). The summed E-state index contributed by atoms with van der Waals surface area (Å²) in [5.74, 6) is 1.83. The molecule has 3 aromatic heterocycles. The molecule has 0 radical (unpaired) electrons. The molecule has 4 nitrogen and oxygen atoms in total. The maximum Gasteiger partial charge on any atom is 0.164 e. The molecule has 0 aliphatic rings. The first-order valence-electron chi connectivity index (χ1n) is 18.8. The van der Waals surface area contributed by atoms with Gasteiger partial charge in [-0.25, -0.2) is 15.0 Å². The van der Waals surface area contributed by atoms with E-state index in [-0.39, 0.29) is 29.7 Å². The number of hydrogen-bond acceptors (Lipinski definition) is 4. The summed E-state index contributed by atoms with van der Waals surface area (Å²) < 4.78 is 46.3. The fourth-order valence-electron chi connectivity index (χ4n) is 6.82. The smallest absolute Gasteiger partial charge is 0.164 e. The van der Waals surface area contributed by atoms with Gasteiger partial charge in [0.05, 0.1) is 28.3 Å². The summed E-state index contributed by atoms with van der Waals surface area (Å²) in [5.41, 5.74) is 6.49. The van der Waals surface area contributed by atoms with Crippen molar-refractivity contribution in [3.05, 3.63) is 170 Å². The Kier molecular flexibility index (Phi) is 5.54. The van der Waals surface area contributed by atoms with E-state index in [1.54, 1.807) is 11.3 Å². The summed E-state index contributed by atoms with van der Waals surface area (Å²) in [6, 6.07) is 45.2. The summed E-state index contributed by atoms with van der Waals surface area (Å²) >= 11 is 1.72. The van der Waals surface area contributed by atoms with Crippen LogP contribution in [0.25, 0.3) is 93.0 Å². The number of rotatable bonds is 5. The fraction of sp³-hybridized carbons (Fsp3) is 0. The van der Waals surface area contributed by atoms with Crippen LogP contribution >= 0.6 is 11.3 Å². The molecule has 0 saturated heterocycles. The lowest BCUT2D eigenvalue weighted by atomic mass is 10.0. The van der Waals surface area contributed by atoms with Gasteiger partial charge in [-0.15, -0.1) is 11.3 Å². The highest BCUT2D eigenvalue weighted by Gasteiger charge is 2.18. The van der Waals surface area contributed by atoms with Gasteiger partial charge < -0.3 is 4.57 Å². The second kappa shape index (κ2) is 11.6. The average Bonchev–Trinajstić information content (AvgIpc) is 3.78. The van der Waals surface area contributed by atoms with Gasteiger partial charge in [-0.1, -0.05) is 139 Å². The first kappa shape index (κ1) is 23.8. The minimum absolute atomic E-state index is 0.192. The summed E-state index contributed by atoms with van der Waals surface area (Å²) in [7, 11) is 0. The quantitative estimate of drug-likeness (QED) is 0.184. The van der Waals surface area contributed by atoms with Crippen LogP contribution in [0.4, 0.5) is 0 Å². The molecule has 234 valence electrons. The Bertz CT molecular complexity index is 3070. The molecule has 0 N–H and O–H groups in total. The van der Waals surface area contributed by atoms with Crippen LogP contribution in [0.3, 0.4) is 0 Å². The number of thiophene rings is 1. The Balaban J connectivity index is 1.15. The topological polar surface area (TPSA) is 43.6 Å². The Morgan fingerprint density at radius 1 is 0.440 bits per heavy atom. The Morgan fingerprint density at radius 2 is 1.06 bits per heavy atom. The molecule has 0 saturated carbocycles. The van der Waals surface area contributed by atoms with Gasteiger partial charge in [0.25, 0.3) is 0 Å². The highest BCUT2D eigenvalue weighted by molar-refractivity contribution is 7.26. The molecule has 50 heavy (non-hydrogen) atoms. The summed E-state index contributed by atoms with van der Waals surface area (Å²) in [4.78, 5) is 14.8. The summed E-state index contributed by atoms with van der Waals surface area (Å²) in [6.45, 7) is 0. The Morgan fingerprint density at radius 3 is 1.80 bits per heavy atom. The molecule has 0 bridgehead atoms. The largest absolute Gasteiger partial charge is 0.308 e. The Labute approximate surface area is 299 Å². The molecular formula is C45H28N4S. The maximum atomic E-state index is 8.61. The van der Waals surface area contributed by atoms with Crippen LogP contribution in [0.15, 0.2) is 170 Å². The fourth-order valence-corrected chi connectivity index (χ4v) is 8.06. The van der Waals surface area contributed by atoms with Gasteiger partial charge in [0.15, 0.2) is 17.5 Å². The van der Waals surface area contributed by atoms with E-state index in [9.17, 15) is 0 Å². The van der Waals surface area contributed by atoms with E-state index in [1.165, 1.54) is 0 Å². The van der Waals surface area contributed by atoms with Crippen molar-refractivity contribution in [2.24, 2.45) is 0 Å². The normalized spacial score (nSPS) is 13.0.